The van der Waals surface area contributed by atoms with Gasteiger partial charge in [0.2, 0.25) is 0 Å². The van der Waals surface area contributed by atoms with Gasteiger partial charge in [0.05, 0.1) is 10.7 Å². The molecular weight excluding hydrogens is 196 g/mol. The first-order valence-corrected chi connectivity index (χ1v) is 5.12. The lowest BCUT2D eigenvalue weighted by Gasteiger charge is -2.22. The Labute approximate surface area is 90.7 Å². The molecule has 0 aromatic heterocycles. The van der Waals surface area contributed by atoms with E-state index in [0.717, 1.165) is 17.3 Å². The standard InChI is InChI=1S/C11H17ClN2/c1-8-6-9(2)11(10(12)7-8)14(3)5-4-13/h6-7H,4-5,13H2,1-3H3. The minimum atomic E-state index is 0.639. The van der Waals surface area contributed by atoms with Gasteiger partial charge in [-0.3, -0.25) is 0 Å². The van der Waals surface area contributed by atoms with Crippen LogP contribution in [0.2, 0.25) is 5.02 Å². The zero-order valence-electron chi connectivity index (χ0n) is 8.97. The Bertz CT molecular complexity index is 300. The molecule has 0 unspecified atom stereocenters. The molecule has 0 fully saturated rings. The van der Waals surface area contributed by atoms with Crippen LogP contribution in [0, 0.1) is 13.8 Å². The molecule has 0 bridgehead atoms. The SMILES string of the molecule is Cc1cc(C)c(N(C)CCN)c(Cl)c1. The Kier molecular flexibility index (Phi) is 3.78. The van der Waals surface area contributed by atoms with Crippen molar-refractivity contribution in [3.05, 3.63) is 28.3 Å². The van der Waals surface area contributed by atoms with Gasteiger partial charge in [0.25, 0.3) is 0 Å². The second-order valence-electron chi connectivity index (χ2n) is 3.62. The highest BCUT2D eigenvalue weighted by atomic mass is 35.5. The number of likely N-dealkylation sites (N-methyl/N-ethyl adjacent to an activating group) is 1. The first-order valence-electron chi connectivity index (χ1n) is 4.74. The quantitative estimate of drug-likeness (QED) is 0.834. The summed E-state index contributed by atoms with van der Waals surface area (Å²) in [5.41, 5.74) is 8.99. The highest BCUT2D eigenvalue weighted by Gasteiger charge is 2.09. The van der Waals surface area contributed by atoms with Crippen LogP contribution in [-0.2, 0) is 0 Å². The fourth-order valence-corrected chi connectivity index (χ4v) is 2.16. The van der Waals surface area contributed by atoms with Gasteiger partial charge in [0.15, 0.2) is 0 Å². The van der Waals surface area contributed by atoms with Crippen molar-refractivity contribution in [2.24, 2.45) is 5.73 Å². The van der Waals surface area contributed by atoms with Gasteiger partial charge in [-0.15, -0.1) is 0 Å². The van der Waals surface area contributed by atoms with Crippen molar-refractivity contribution >= 4 is 17.3 Å². The summed E-state index contributed by atoms with van der Waals surface area (Å²) in [6.45, 7) is 5.58. The van der Waals surface area contributed by atoms with Crippen molar-refractivity contribution < 1.29 is 0 Å². The van der Waals surface area contributed by atoms with Crippen LogP contribution in [-0.4, -0.2) is 20.1 Å². The van der Waals surface area contributed by atoms with Gasteiger partial charge >= 0.3 is 0 Å². The Morgan fingerprint density at radius 2 is 2.00 bits per heavy atom. The van der Waals surface area contributed by atoms with E-state index in [1.54, 1.807) is 0 Å². The minimum absolute atomic E-state index is 0.639. The molecule has 14 heavy (non-hydrogen) atoms. The lowest BCUT2D eigenvalue weighted by atomic mass is 10.1. The fraction of sp³-hybridized carbons (Fsp3) is 0.455. The van der Waals surface area contributed by atoms with Crippen molar-refractivity contribution in [2.75, 3.05) is 25.0 Å². The van der Waals surface area contributed by atoms with Crippen molar-refractivity contribution in [3.8, 4) is 0 Å². The first kappa shape index (κ1) is 11.3. The van der Waals surface area contributed by atoms with E-state index in [-0.39, 0.29) is 0 Å². The third-order valence-corrected chi connectivity index (χ3v) is 2.53. The van der Waals surface area contributed by atoms with Gasteiger partial charge in [-0.1, -0.05) is 17.7 Å². The van der Waals surface area contributed by atoms with Gasteiger partial charge in [0.1, 0.15) is 0 Å². The molecule has 0 radical (unpaired) electrons. The molecule has 1 aromatic rings. The molecule has 2 nitrogen and oxygen atoms in total. The lowest BCUT2D eigenvalue weighted by molar-refractivity contribution is 0.882. The minimum Gasteiger partial charge on any atom is -0.372 e. The number of anilines is 1. The van der Waals surface area contributed by atoms with Crippen LogP contribution in [0.4, 0.5) is 5.69 Å². The molecule has 3 heteroatoms. The van der Waals surface area contributed by atoms with E-state index in [9.17, 15) is 0 Å². The summed E-state index contributed by atoms with van der Waals surface area (Å²) < 4.78 is 0. The maximum absolute atomic E-state index is 6.18. The number of nitrogens with two attached hydrogens (primary N) is 1. The van der Waals surface area contributed by atoms with E-state index in [2.05, 4.69) is 17.9 Å². The molecule has 0 aliphatic heterocycles. The molecule has 1 aromatic carbocycles. The Morgan fingerprint density at radius 1 is 1.36 bits per heavy atom. The number of nitrogens with zero attached hydrogens (tertiary/aromatic N) is 1. The summed E-state index contributed by atoms with van der Waals surface area (Å²) >= 11 is 6.18. The molecule has 0 aliphatic rings. The van der Waals surface area contributed by atoms with Gasteiger partial charge in [-0.2, -0.15) is 0 Å². The zero-order valence-corrected chi connectivity index (χ0v) is 9.73. The average Bonchev–Trinajstić information content (AvgIpc) is 2.01. The molecule has 78 valence electrons. The number of aryl methyl sites for hydroxylation is 2. The lowest BCUT2D eigenvalue weighted by Crippen LogP contribution is -2.25. The molecule has 2 N–H and O–H groups in total. The third kappa shape index (κ3) is 2.40. The highest BCUT2D eigenvalue weighted by Crippen LogP contribution is 2.29. The topological polar surface area (TPSA) is 29.3 Å². The molecule has 0 aliphatic carbocycles. The number of rotatable bonds is 3. The van der Waals surface area contributed by atoms with Gasteiger partial charge in [-0.05, 0) is 31.0 Å². The van der Waals surface area contributed by atoms with E-state index in [0.29, 0.717) is 6.54 Å². The summed E-state index contributed by atoms with van der Waals surface area (Å²) in [6.07, 6.45) is 0. The second kappa shape index (κ2) is 4.67. The molecule has 1 rings (SSSR count). The number of benzene rings is 1. The smallest absolute Gasteiger partial charge is 0.0644 e. The molecule has 0 saturated carbocycles. The first-order chi connectivity index (χ1) is 6.56. The predicted molar refractivity (Wildman–Crippen MR) is 63.3 cm³/mol. The Hall–Kier alpha value is -0.730. The second-order valence-corrected chi connectivity index (χ2v) is 4.03. The summed E-state index contributed by atoms with van der Waals surface area (Å²) in [6, 6.07) is 4.12. The zero-order chi connectivity index (χ0) is 10.7. The van der Waals surface area contributed by atoms with Crippen molar-refractivity contribution in [1.29, 1.82) is 0 Å². The van der Waals surface area contributed by atoms with Gasteiger partial charge in [-0.25, -0.2) is 0 Å². The fourth-order valence-electron chi connectivity index (χ4n) is 1.70. The van der Waals surface area contributed by atoms with Crippen LogP contribution < -0.4 is 10.6 Å². The van der Waals surface area contributed by atoms with Crippen LogP contribution in [0.1, 0.15) is 11.1 Å². The van der Waals surface area contributed by atoms with Crippen LogP contribution in [0.15, 0.2) is 12.1 Å². The van der Waals surface area contributed by atoms with Gasteiger partial charge < -0.3 is 10.6 Å². The van der Waals surface area contributed by atoms with E-state index in [1.807, 2.05) is 20.0 Å². The Morgan fingerprint density at radius 3 is 2.50 bits per heavy atom. The van der Waals surface area contributed by atoms with E-state index in [4.69, 9.17) is 17.3 Å². The summed E-state index contributed by atoms with van der Waals surface area (Å²) in [4.78, 5) is 2.09. The van der Waals surface area contributed by atoms with E-state index >= 15 is 0 Å². The van der Waals surface area contributed by atoms with E-state index < -0.39 is 0 Å². The van der Waals surface area contributed by atoms with Crippen LogP contribution in [0.25, 0.3) is 0 Å². The van der Waals surface area contributed by atoms with Crippen molar-refractivity contribution in [3.63, 3.8) is 0 Å². The monoisotopic (exact) mass is 212 g/mol. The van der Waals surface area contributed by atoms with Crippen LogP contribution in [0.5, 0.6) is 0 Å². The Balaban J connectivity index is 3.07. The highest BCUT2D eigenvalue weighted by molar-refractivity contribution is 6.33. The van der Waals surface area contributed by atoms with Gasteiger partial charge in [0, 0.05) is 20.1 Å². The third-order valence-electron chi connectivity index (χ3n) is 2.24. The maximum atomic E-state index is 6.18. The number of hydrogen-bond donors (Lipinski definition) is 1. The summed E-state index contributed by atoms with van der Waals surface area (Å²) in [5, 5.41) is 0.804. The van der Waals surface area contributed by atoms with E-state index in [1.165, 1.54) is 11.1 Å². The summed E-state index contributed by atoms with van der Waals surface area (Å²) in [5.74, 6) is 0. The normalized spacial score (nSPS) is 10.4. The predicted octanol–water partition coefficient (Wildman–Crippen LogP) is 2.35. The van der Waals surface area contributed by atoms with Crippen LogP contribution in [0.3, 0.4) is 0 Å². The number of hydrogen-bond acceptors (Lipinski definition) is 2. The number of halogens is 1. The molecule has 0 spiro atoms. The molecule has 0 heterocycles. The molecule has 0 saturated heterocycles. The largest absolute Gasteiger partial charge is 0.372 e. The van der Waals surface area contributed by atoms with Crippen LogP contribution >= 0.6 is 11.6 Å². The maximum Gasteiger partial charge on any atom is 0.0644 e. The molecule has 0 atom stereocenters. The summed E-state index contributed by atoms with van der Waals surface area (Å²) in [7, 11) is 2.01. The average molecular weight is 213 g/mol. The molecule has 0 amide bonds. The van der Waals surface area contributed by atoms with Crippen molar-refractivity contribution in [2.45, 2.75) is 13.8 Å². The van der Waals surface area contributed by atoms with Crippen molar-refractivity contribution in [1.82, 2.24) is 0 Å². The molecular formula is C11H17ClN2.